The summed E-state index contributed by atoms with van der Waals surface area (Å²) in [6.45, 7) is 2.05. The highest BCUT2D eigenvalue weighted by atomic mass is 16.5. The number of ketones is 1. The van der Waals surface area contributed by atoms with Gasteiger partial charge in [0, 0.05) is 11.0 Å². The third-order valence-corrected chi connectivity index (χ3v) is 5.02. The van der Waals surface area contributed by atoms with Crippen molar-refractivity contribution < 1.29 is 19.4 Å². The van der Waals surface area contributed by atoms with E-state index in [1.54, 1.807) is 19.1 Å². The second kappa shape index (κ2) is 5.20. The van der Waals surface area contributed by atoms with Gasteiger partial charge in [0.1, 0.15) is 0 Å². The van der Waals surface area contributed by atoms with E-state index in [9.17, 15) is 14.7 Å². The second-order valence-electron chi connectivity index (χ2n) is 6.50. The van der Waals surface area contributed by atoms with Crippen molar-refractivity contribution in [1.82, 2.24) is 0 Å². The largest absolute Gasteiger partial charge is 0.872 e. The minimum Gasteiger partial charge on any atom is -0.872 e. The number of rotatable bonds is 4. The molecule has 0 heterocycles. The summed E-state index contributed by atoms with van der Waals surface area (Å²) < 4.78 is 5.03. The van der Waals surface area contributed by atoms with Crippen LogP contribution in [-0.4, -0.2) is 18.4 Å². The Balaban J connectivity index is 1.86. The molecule has 2 aliphatic carbocycles. The van der Waals surface area contributed by atoms with Crippen molar-refractivity contribution in [2.45, 2.75) is 26.2 Å². The molecule has 1 saturated carbocycles. The zero-order valence-corrected chi connectivity index (χ0v) is 13.4. The van der Waals surface area contributed by atoms with E-state index in [1.807, 2.05) is 24.3 Å². The smallest absolute Gasteiger partial charge is 0.306 e. The Bertz CT molecular complexity index is 898. The Kier molecular flexibility index (Phi) is 3.23. The lowest BCUT2D eigenvalue weighted by molar-refractivity contribution is -0.245. The molecule has 0 unspecified atom stereocenters. The van der Waals surface area contributed by atoms with Crippen LogP contribution in [0.3, 0.4) is 0 Å². The van der Waals surface area contributed by atoms with Crippen LogP contribution in [0.1, 0.15) is 42.1 Å². The monoisotopic (exact) mass is 321 g/mol. The number of hydrogen-bond acceptors (Lipinski definition) is 4. The first-order valence-electron chi connectivity index (χ1n) is 8.21. The molecule has 0 aliphatic heterocycles. The van der Waals surface area contributed by atoms with Gasteiger partial charge in [-0.15, -0.1) is 0 Å². The summed E-state index contributed by atoms with van der Waals surface area (Å²) in [7, 11) is 0. The molecule has 0 radical (unpaired) electrons. The van der Waals surface area contributed by atoms with Gasteiger partial charge in [0.05, 0.1) is 13.0 Å². The van der Waals surface area contributed by atoms with Gasteiger partial charge >= 0.3 is 5.97 Å². The Labute approximate surface area is 139 Å². The van der Waals surface area contributed by atoms with Crippen LogP contribution in [0.2, 0.25) is 0 Å². The molecule has 0 N–H and O–H groups in total. The topological polar surface area (TPSA) is 66.4 Å². The van der Waals surface area contributed by atoms with Crippen LogP contribution >= 0.6 is 0 Å². The van der Waals surface area contributed by atoms with Crippen molar-refractivity contribution in [1.29, 1.82) is 0 Å². The van der Waals surface area contributed by atoms with Crippen LogP contribution in [0.5, 0.6) is 0 Å². The lowest BCUT2D eigenvalue weighted by Crippen LogP contribution is -2.27. The maximum atomic E-state index is 13.0. The number of Topliss-reactive ketones (excluding diaryl/α,β-unsaturated/α-hetero) is 1. The zero-order chi connectivity index (χ0) is 16.9. The fourth-order valence-electron chi connectivity index (χ4n) is 3.73. The van der Waals surface area contributed by atoms with Crippen molar-refractivity contribution in [2.75, 3.05) is 6.61 Å². The Morgan fingerprint density at radius 1 is 1.17 bits per heavy atom. The van der Waals surface area contributed by atoms with Gasteiger partial charge in [0.2, 0.25) is 0 Å². The van der Waals surface area contributed by atoms with Crippen molar-refractivity contribution in [3.63, 3.8) is 0 Å². The number of ether oxygens (including phenoxy) is 1. The summed E-state index contributed by atoms with van der Waals surface area (Å²) in [6.07, 6.45) is 1.46. The third kappa shape index (κ3) is 2.06. The highest BCUT2D eigenvalue weighted by molar-refractivity contribution is 6.24. The van der Waals surface area contributed by atoms with Gasteiger partial charge in [-0.2, -0.15) is 0 Å². The van der Waals surface area contributed by atoms with Crippen LogP contribution < -0.4 is 5.11 Å². The van der Waals surface area contributed by atoms with Gasteiger partial charge in [-0.1, -0.05) is 42.2 Å². The number of allylic oxidation sites excluding steroid dienone is 1. The lowest BCUT2D eigenvalue weighted by atomic mass is 9.78. The Morgan fingerprint density at radius 3 is 2.46 bits per heavy atom. The van der Waals surface area contributed by atoms with Gasteiger partial charge in [-0.25, -0.2) is 0 Å². The third-order valence-electron chi connectivity index (χ3n) is 5.02. The Morgan fingerprint density at radius 2 is 1.83 bits per heavy atom. The molecule has 4 nitrogen and oxygen atoms in total. The first-order chi connectivity index (χ1) is 11.6. The van der Waals surface area contributed by atoms with Crippen LogP contribution in [-0.2, 0) is 9.53 Å². The highest BCUT2D eigenvalue weighted by Crippen LogP contribution is 2.58. The van der Waals surface area contributed by atoms with E-state index in [0.29, 0.717) is 30.6 Å². The van der Waals surface area contributed by atoms with E-state index in [4.69, 9.17) is 4.74 Å². The predicted molar refractivity (Wildman–Crippen MR) is 88.1 cm³/mol. The summed E-state index contributed by atoms with van der Waals surface area (Å²) >= 11 is 0. The van der Waals surface area contributed by atoms with Gasteiger partial charge < -0.3 is 9.84 Å². The molecule has 2 aromatic rings. The normalized spacial score (nSPS) is 18.0. The van der Waals surface area contributed by atoms with E-state index >= 15 is 0 Å². The fourth-order valence-corrected chi connectivity index (χ4v) is 3.73. The summed E-state index contributed by atoms with van der Waals surface area (Å²) in [5, 5.41) is 14.6. The summed E-state index contributed by atoms with van der Waals surface area (Å²) in [5.41, 5.74) is 0.748. The molecule has 0 amide bonds. The van der Waals surface area contributed by atoms with E-state index in [-0.39, 0.29) is 29.5 Å². The standard InChI is InChI=1S/C20H18O4/c1-2-24-15(21)11-20(9-10-20)17-18(22)13-7-3-5-12-6-4-8-14(16(12)13)19(17)23/h3-8,22H,2,9-11H2,1H3/p-1. The predicted octanol–water partition coefficient (Wildman–Crippen LogP) is 2.84. The van der Waals surface area contributed by atoms with Gasteiger partial charge in [-0.3, -0.25) is 9.59 Å². The first kappa shape index (κ1) is 14.9. The van der Waals surface area contributed by atoms with Crippen molar-refractivity contribution in [3.05, 3.63) is 53.1 Å². The highest BCUT2D eigenvalue weighted by Gasteiger charge is 2.51. The van der Waals surface area contributed by atoms with Gasteiger partial charge in [0.15, 0.2) is 5.78 Å². The molecule has 4 rings (SSSR count). The fraction of sp³-hybridized carbons (Fsp3) is 0.300. The lowest BCUT2D eigenvalue weighted by Gasteiger charge is -2.31. The molecule has 1 fully saturated rings. The van der Waals surface area contributed by atoms with Crippen LogP contribution in [0.4, 0.5) is 0 Å². The molecule has 4 heteroatoms. The molecule has 0 spiro atoms. The van der Waals surface area contributed by atoms with Gasteiger partial charge in [0.25, 0.3) is 0 Å². The van der Waals surface area contributed by atoms with E-state index in [2.05, 4.69) is 0 Å². The minimum absolute atomic E-state index is 0.103. The van der Waals surface area contributed by atoms with Crippen molar-refractivity contribution in [3.8, 4) is 0 Å². The molecule has 2 aliphatic rings. The van der Waals surface area contributed by atoms with E-state index in [0.717, 1.165) is 10.8 Å². The molecule has 0 bridgehead atoms. The molecule has 0 aromatic heterocycles. The van der Waals surface area contributed by atoms with Crippen LogP contribution in [0.25, 0.3) is 16.5 Å². The molecule has 2 aromatic carbocycles. The molecule has 0 atom stereocenters. The van der Waals surface area contributed by atoms with Gasteiger partial charge in [-0.05, 0) is 41.7 Å². The Hall–Kier alpha value is -2.62. The average Bonchev–Trinajstić information content (AvgIpc) is 3.32. The number of esters is 1. The number of hydrogen-bond donors (Lipinski definition) is 0. The van der Waals surface area contributed by atoms with Crippen LogP contribution in [0.15, 0.2) is 42.0 Å². The van der Waals surface area contributed by atoms with Crippen molar-refractivity contribution >= 4 is 28.3 Å². The maximum absolute atomic E-state index is 13.0. The number of carbonyl (C=O) groups is 2. The van der Waals surface area contributed by atoms with E-state index < -0.39 is 5.41 Å². The molecule has 24 heavy (non-hydrogen) atoms. The summed E-state index contributed by atoms with van der Waals surface area (Å²) in [6, 6.07) is 11.0. The number of carbonyl (C=O) groups excluding carboxylic acids is 2. The first-order valence-corrected chi connectivity index (χ1v) is 8.21. The molecular formula is C20H17O4-. The summed E-state index contributed by atoms with van der Waals surface area (Å²) in [4.78, 5) is 25.0. The van der Waals surface area contributed by atoms with Crippen molar-refractivity contribution in [2.24, 2.45) is 5.41 Å². The molecular weight excluding hydrogens is 304 g/mol. The number of benzene rings is 2. The second-order valence-corrected chi connectivity index (χ2v) is 6.50. The maximum Gasteiger partial charge on any atom is 0.306 e. The molecule has 122 valence electrons. The SMILES string of the molecule is CCOC(=O)CC1(C2=C([O-])c3cccc4cccc(c34)C2=O)CC1. The summed E-state index contributed by atoms with van der Waals surface area (Å²) in [5.74, 6) is -0.808. The molecule has 0 saturated heterocycles. The average molecular weight is 321 g/mol. The zero-order valence-electron chi connectivity index (χ0n) is 13.4. The quantitative estimate of drug-likeness (QED) is 0.812. The van der Waals surface area contributed by atoms with E-state index in [1.165, 1.54) is 0 Å². The minimum atomic E-state index is -0.643. The van der Waals surface area contributed by atoms with Crippen LogP contribution in [0, 0.1) is 5.41 Å².